The minimum atomic E-state index is -3.45. The summed E-state index contributed by atoms with van der Waals surface area (Å²) in [6.07, 6.45) is 3.06. The van der Waals surface area contributed by atoms with Crippen molar-refractivity contribution in [2.45, 2.75) is 37.8 Å². The van der Waals surface area contributed by atoms with E-state index in [4.69, 9.17) is 15.8 Å². The lowest BCUT2D eigenvalue weighted by atomic mass is 9.93. The minimum Gasteiger partial charge on any atom is -0.349 e. The van der Waals surface area contributed by atoms with E-state index in [1.807, 2.05) is 0 Å². The van der Waals surface area contributed by atoms with Gasteiger partial charge in [-0.15, -0.1) is 0 Å². The summed E-state index contributed by atoms with van der Waals surface area (Å²) in [4.78, 5) is 12.1. The summed E-state index contributed by atoms with van der Waals surface area (Å²) in [7, 11) is -3.45. The normalized spacial score (nSPS) is 22.3. The Morgan fingerprint density at radius 3 is 2.50 bits per heavy atom. The second kappa shape index (κ2) is 6.93. The van der Waals surface area contributed by atoms with Crippen LogP contribution in [0.5, 0.6) is 0 Å². The van der Waals surface area contributed by atoms with Gasteiger partial charge in [0.1, 0.15) is 5.82 Å². The molecule has 0 spiro atoms. The first kappa shape index (κ1) is 17.2. The molecule has 0 unspecified atom stereocenters. The van der Waals surface area contributed by atoms with Gasteiger partial charge in [0.05, 0.1) is 17.4 Å². The fraction of sp³-hybridized carbons (Fsp3) is 0.500. The Balaban J connectivity index is 1.87. The molecule has 1 aliphatic rings. The Hall–Kier alpha value is -1.18. The van der Waals surface area contributed by atoms with E-state index in [-0.39, 0.29) is 23.1 Å². The van der Waals surface area contributed by atoms with Crippen molar-refractivity contribution in [3.8, 4) is 0 Å². The van der Waals surface area contributed by atoms with Crippen molar-refractivity contribution >= 4 is 27.6 Å². The first-order valence-electron chi connectivity index (χ1n) is 6.89. The third kappa shape index (κ3) is 4.93. The molecule has 0 atom stereocenters. The number of rotatable bonds is 4. The van der Waals surface area contributed by atoms with Crippen LogP contribution in [0.4, 0.5) is 4.39 Å². The van der Waals surface area contributed by atoms with Crippen LogP contribution in [0.25, 0.3) is 0 Å². The maximum Gasteiger partial charge on any atom is 0.264 e. The first-order chi connectivity index (χ1) is 10.2. The molecule has 0 radical (unpaired) electrons. The number of amides is 1. The maximum atomic E-state index is 13.1. The van der Waals surface area contributed by atoms with Crippen molar-refractivity contribution in [1.29, 1.82) is 0 Å². The first-order valence-corrected chi connectivity index (χ1v) is 9.08. The number of benzene rings is 1. The van der Waals surface area contributed by atoms with Gasteiger partial charge in [-0.3, -0.25) is 8.98 Å². The van der Waals surface area contributed by atoms with E-state index in [1.165, 1.54) is 12.1 Å². The smallest absolute Gasteiger partial charge is 0.264 e. The van der Waals surface area contributed by atoms with Gasteiger partial charge in [-0.2, -0.15) is 8.42 Å². The third-order valence-electron chi connectivity index (χ3n) is 3.50. The number of carbonyl (C=O) groups is 1. The molecule has 0 heterocycles. The van der Waals surface area contributed by atoms with Gasteiger partial charge in [-0.25, -0.2) is 4.39 Å². The second-order valence-electron chi connectivity index (χ2n) is 5.38. The zero-order valence-corrected chi connectivity index (χ0v) is 13.6. The second-order valence-corrected chi connectivity index (χ2v) is 7.38. The van der Waals surface area contributed by atoms with Gasteiger partial charge >= 0.3 is 0 Å². The summed E-state index contributed by atoms with van der Waals surface area (Å²) in [5, 5.41) is 2.74. The molecular weight excluding hydrogens is 333 g/mol. The zero-order chi connectivity index (χ0) is 16.3. The topological polar surface area (TPSA) is 72.5 Å². The van der Waals surface area contributed by atoms with E-state index >= 15 is 0 Å². The van der Waals surface area contributed by atoms with Gasteiger partial charge in [0.25, 0.3) is 16.0 Å². The van der Waals surface area contributed by atoms with E-state index < -0.39 is 15.9 Å². The van der Waals surface area contributed by atoms with Crippen molar-refractivity contribution in [3.63, 3.8) is 0 Å². The van der Waals surface area contributed by atoms with Gasteiger partial charge in [0.15, 0.2) is 0 Å². The summed E-state index contributed by atoms with van der Waals surface area (Å²) >= 11 is 5.65. The molecule has 1 amide bonds. The van der Waals surface area contributed by atoms with Crippen LogP contribution in [-0.4, -0.2) is 32.7 Å². The highest BCUT2D eigenvalue weighted by Gasteiger charge is 2.25. The molecule has 122 valence electrons. The van der Waals surface area contributed by atoms with Crippen molar-refractivity contribution in [1.82, 2.24) is 5.32 Å². The highest BCUT2D eigenvalue weighted by molar-refractivity contribution is 7.86. The molecule has 1 aromatic carbocycles. The van der Waals surface area contributed by atoms with Crippen LogP contribution in [0.1, 0.15) is 36.0 Å². The summed E-state index contributed by atoms with van der Waals surface area (Å²) in [6, 6.07) is 3.74. The van der Waals surface area contributed by atoms with Gasteiger partial charge in [0.2, 0.25) is 0 Å². The van der Waals surface area contributed by atoms with Crippen LogP contribution in [0.3, 0.4) is 0 Å². The fourth-order valence-electron chi connectivity index (χ4n) is 2.46. The Morgan fingerprint density at radius 2 is 1.95 bits per heavy atom. The van der Waals surface area contributed by atoms with Gasteiger partial charge in [-0.05, 0) is 43.9 Å². The zero-order valence-electron chi connectivity index (χ0n) is 12.0. The van der Waals surface area contributed by atoms with Crippen LogP contribution in [0, 0.1) is 5.82 Å². The van der Waals surface area contributed by atoms with Crippen LogP contribution >= 0.6 is 11.6 Å². The molecule has 0 aliphatic heterocycles. The van der Waals surface area contributed by atoms with E-state index in [2.05, 4.69) is 5.32 Å². The number of carbonyl (C=O) groups excluding carboxylic acids is 1. The molecule has 1 fully saturated rings. The molecule has 8 heteroatoms. The van der Waals surface area contributed by atoms with E-state index in [0.717, 1.165) is 12.3 Å². The summed E-state index contributed by atoms with van der Waals surface area (Å²) < 4.78 is 40.2. The fourth-order valence-corrected chi connectivity index (χ4v) is 3.32. The Kier molecular flexibility index (Phi) is 5.41. The Bertz CT molecular complexity index is 657. The third-order valence-corrected chi connectivity index (χ3v) is 4.41. The molecular formula is C14H17ClFNO4S. The number of halogens is 2. The lowest BCUT2D eigenvalue weighted by Gasteiger charge is -2.28. The average molecular weight is 350 g/mol. The lowest BCUT2D eigenvalue weighted by molar-refractivity contribution is 0.0897. The number of hydrogen-bond acceptors (Lipinski definition) is 4. The lowest BCUT2D eigenvalue weighted by Crippen LogP contribution is -2.39. The van der Waals surface area contributed by atoms with Crippen molar-refractivity contribution < 1.29 is 21.8 Å². The highest BCUT2D eigenvalue weighted by atomic mass is 35.5. The van der Waals surface area contributed by atoms with Crippen molar-refractivity contribution in [3.05, 3.63) is 34.6 Å². The predicted octanol–water partition coefficient (Wildman–Crippen LogP) is 2.50. The SMILES string of the molecule is CS(=O)(=O)OC1CCC(NC(=O)c2ccc(F)c(Cl)c2)CC1. The van der Waals surface area contributed by atoms with Crippen LogP contribution in [0.15, 0.2) is 18.2 Å². The summed E-state index contributed by atoms with van der Waals surface area (Å²) in [5.41, 5.74) is 0.293. The standard InChI is InChI=1S/C14H17ClFNO4S/c1-22(19,20)21-11-5-3-10(4-6-11)17-14(18)9-2-7-13(16)12(15)8-9/h2,7-8,10-11H,3-6H2,1H3,(H,17,18). The van der Waals surface area contributed by atoms with E-state index in [1.54, 1.807) is 0 Å². The van der Waals surface area contributed by atoms with Gasteiger partial charge < -0.3 is 5.32 Å². The van der Waals surface area contributed by atoms with Gasteiger partial charge in [0, 0.05) is 11.6 Å². The molecule has 2 rings (SSSR count). The highest BCUT2D eigenvalue weighted by Crippen LogP contribution is 2.23. The average Bonchev–Trinajstić information content (AvgIpc) is 2.42. The van der Waals surface area contributed by atoms with E-state index in [9.17, 15) is 17.6 Å². The molecule has 5 nitrogen and oxygen atoms in total. The largest absolute Gasteiger partial charge is 0.349 e. The van der Waals surface area contributed by atoms with Crippen LogP contribution < -0.4 is 5.32 Å². The molecule has 0 aromatic heterocycles. The summed E-state index contributed by atoms with van der Waals surface area (Å²) in [6.45, 7) is 0. The Labute approximate surface area is 133 Å². The molecule has 1 aliphatic carbocycles. The quantitative estimate of drug-likeness (QED) is 0.848. The van der Waals surface area contributed by atoms with Crippen molar-refractivity contribution in [2.24, 2.45) is 0 Å². The minimum absolute atomic E-state index is 0.0595. The van der Waals surface area contributed by atoms with Crippen LogP contribution in [0.2, 0.25) is 5.02 Å². The predicted molar refractivity (Wildman–Crippen MR) is 80.8 cm³/mol. The monoisotopic (exact) mass is 349 g/mol. The molecule has 22 heavy (non-hydrogen) atoms. The molecule has 1 saturated carbocycles. The van der Waals surface area contributed by atoms with Crippen molar-refractivity contribution in [2.75, 3.05) is 6.26 Å². The molecule has 1 aromatic rings. The molecule has 0 bridgehead atoms. The van der Waals surface area contributed by atoms with Crippen LogP contribution in [-0.2, 0) is 14.3 Å². The number of nitrogens with one attached hydrogen (secondary N) is 1. The number of hydrogen-bond donors (Lipinski definition) is 1. The Morgan fingerprint density at radius 1 is 1.32 bits per heavy atom. The van der Waals surface area contributed by atoms with Gasteiger partial charge in [-0.1, -0.05) is 11.6 Å². The maximum absolute atomic E-state index is 13.1. The molecule has 0 saturated heterocycles. The summed E-state index contributed by atoms with van der Waals surface area (Å²) in [5.74, 6) is -0.897. The molecule has 1 N–H and O–H groups in total. The van der Waals surface area contributed by atoms with E-state index in [0.29, 0.717) is 31.2 Å².